The Bertz CT molecular complexity index is 859. The van der Waals surface area contributed by atoms with E-state index in [0.717, 1.165) is 0 Å². The summed E-state index contributed by atoms with van der Waals surface area (Å²) in [6, 6.07) is 16.1. The van der Waals surface area contributed by atoms with Crippen molar-refractivity contribution in [1.82, 2.24) is 0 Å². The molecule has 1 aliphatic carbocycles. The monoisotopic (exact) mass is 278 g/mol. The Morgan fingerprint density at radius 2 is 1.85 bits per heavy atom. The van der Waals surface area contributed by atoms with Crippen LogP contribution in [0, 0.1) is 5.41 Å². The molecule has 2 atom stereocenters. The average Bonchev–Trinajstić information content (AvgIpc) is 2.86. The molecule has 1 fully saturated rings. The second kappa shape index (κ2) is 3.32. The van der Waals surface area contributed by atoms with Crippen molar-refractivity contribution in [2.24, 2.45) is 5.41 Å². The molecule has 0 amide bonds. The van der Waals surface area contributed by atoms with Crippen LogP contribution in [-0.4, -0.2) is 0 Å². The van der Waals surface area contributed by atoms with Crippen LogP contribution in [0.5, 0.6) is 0 Å². The fourth-order valence-corrected chi connectivity index (χ4v) is 5.39. The number of thiophene rings is 1. The molecule has 1 aliphatic heterocycles. The van der Waals surface area contributed by atoms with E-state index in [9.17, 15) is 0 Å². The maximum Gasteiger partial charge on any atom is 0.223 e. The van der Waals surface area contributed by atoms with Crippen molar-refractivity contribution >= 4 is 21.4 Å². The summed E-state index contributed by atoms with van der Waals surface area (Å²) in [6.45, 7) is 4.82. The summed E-state index contributed by atoms with van der Waals surface area (Å²) >= 11 is 1.95. The van der Waals surface area contributed by atoms with E-state index in [1.807, 2.05) is 11.3 Å². The van der Waals surface area contributed by atoms with Crippen LogP contribution >= 0.6 is 11.3 Å². The highest BCUT2D eigenvalue weighted by molar-refractivity contribution is 7.22. The summed E-state index contributed by atoms with van der Waals surface area (Å²) in [5, 5.41) is 1.48. The van der Waals surface area contributed by atoms with Gasteiger partial charge in [-0.3, -0.25) is 0 Å². The Morgan fingerprint density at radius 3 is 2.75 bits per heavy atom. The summed E-state index contributed by atoms with van der Waals surface area (Å²) in [6.07, 6.45) is 2.26. The first-order valence-corrected chi connectivity index (χ1v) is 8.03. The molecule has 0 radical (unpaired) electrons. The Kier molecular flexibility index (Phi) is 1.83. The van der Waals surface area contributed by atoms with Gasteiger partial charge in [-0.05, 0) is 23.1 Å². The van der Waals surface area contributed by atoms with E-state index in [2.05, 4.69) is 67.1 Å². The molecule has 2 unspecified atom stereocenters. The standard InChI is InChI=1S/C18H16NS/c1-18(2)15-14-11-7-3-4-9-13(11)20-16(14)12-8-5-6-10-19(12)17(15)18/h3-10,15,17H,1-2H3/q+1. The predicted molar refractivity (Wildman–Crippen MR) is 83.0 cm³/mol. The lowest BCUT2D eigenvalue weighted by molar-refractivity contribution is -0.697. The predicted octanol–water partition coefficient (Wildman–Crippen LogP) is 4.53. The van der Waals surface area contributed by atoms with Crippen LogP contribution in [0.25, 0.3) is 20.7 Å². The van der Waals surface area contributed by atoms with Crippen molar-refractivity contribution < 1.29 is 4.57 Å². The lowest BCUT2D eigenvalue weighted by Crippen LogP contribution is -2.38. The van der Waals surface area contributed by atoms with E-state index in [4.69, 9.17) is 0 Å². The quantitative estimate of drug-likeness (QED) is 0.532. The molecule has 98 valence electrons. The number of benzene rings is 1. The van der Waals surface area contributed by atoms with Gasteiger partial charge in [0.1, 0.15) is 4.88 Å². The second-order valence-corrected chi connectivity index (χ2v) is 7.63. The highest BCUT2D eigenvalue weighted by Crippen LogP contribution is 2.70. The molecule has 0 bridgehead atoms. The number of aromatic nitrogens is 1. The zero-order valence-electron chi connectivity index (χ0n) is 11.6. The molecule has 2 heteroatoms. The van der Waals surface area contributed by atoms with E-state index >= 15 is 0 Å². The van der Waals surface area contributed by atoms with Gasteiger partial charge >= 0.3 is 0 Å². The number of hydrogen-bond acceptors (Lipinski definition) is 1. The van der Waals surface area contributed by atoms with Crippen LogP contribution < -0.4 is 4.57 Å². The van der Waals surface area contributed by atoms with Gasteiger partial charge in [0.15, 0.2) is 12.2 Å². The summed E-state index contributed by atoms with van der Waals surface area (Å²) in [4.78, 5) is 1.48. The molecule has 2 aromatic heterocycles. The Hall–Kier alpha value is -1.67. The Balaban J connectivity index is 1.94. The largest absolute Gasteiger partial charge is 0.223 e. The van der Waals surface area contributed by atoms with Gasteiger partial charge in [-0.1, -0.05) is 32.0 Å². The van der Waals surface area contributed by atoms with Crippen molar-refractivity contribution in [3.8, 4) is 10.6 Å². The third kappa shape index (κ3) is 1.13. The highest BCUT2D eigenvalue weighted by atomic mass is 32.1. The first-order valence-electron chi connectivity index (χ1n) is 7.21. The topological polar surface area (TPSA) is 3.88 Å². The van der Waals surface area contributed by atoms with E-state index < -0.39 is 0 Å². The van der Waals surface area contributed by atoms with E-state index in [1.165, 1.54) is 20.7 Å². The molecule has 1 saturated carbocycles. The van der Waals surface area contributed by atoms with Gasteiger partial charge < -0.3 is 0 Å². The number of nitrogens with zero attached hydrogens (tertiary/aromatic N) is 1. The normalized spacial score (nSPS) is 24.9. The van der Waals surface area contributed by atoms with Gasteiger partial charge in [0.05, 0.1) is 5.92 Å². The van der Waals surface area contributed by atoms with Crippen molar-refractivity contribution in [1.29, 1.82) is 0 Å². The highest BCUT2D eigenvalue weighted by Gasteiger charge is 2.69. The maximum atomic E-state index is 2.50. The molecule has 0 spiro atoms. The van der Waals surface area contributed by atoms with Crippen LogP contribution in [-0.2, 0) is 0 Å². The van der Waals surface area contributed by atoms with Crippen LogP contribution in [0.4, 0.5) is 0 Å². The van der Waals surface area contributed by atoms with Gasteiger partial charge in [0.25, 0.3) is 0 Å². The fraction of sp³-hybridized carbons (Fsp3) is 0.278. The molecule has 3 aromatic rings. The molecule has 2 aliphatic rings. The Labute approximate surface area is 122 Å². The van der Waals surface area contributed by atoms with Gasteiger partial charge in [-0.2, -0.15) is 4.57 Å². The van der Waals surface area contributed by atoms with Gasteiger partial charge in [0.2, 0.25) is 5.69 Å². The molecular formula is C18H16NS+. The van der Waals surface area contributed by atoms with Crippen molar-refractivity contribution in [3.63, 3.8) is 0 Å². The SMILES string of the molecule is CC1(C)C2c3c(sc4ccccc34)-c3cccc[n+]3C21. The fourth-order valence-electron chi connectivity index (χ4n) is 4.12. The molecular weight excluding hydrogens is 262 g/mol. The summed E-state index contributed by atoms with van der Waals surface area (Å²) in [7, 11) is 0. The number of fused-ring (bicyclic) bond motifs is 8. The minimum Gasteiger partial charge on any atom is -0.194 e. The molecule has 1 aromatic carbocycles. The van der Waals surface area contributed by atoms with Gasteiger partial charge in [-0.25, -0.2) is 0 Å². The molecule has 20 heavy (non-hydrogen) atoms. The lowest BCUT2D eigenvalue weighted by Gasteiger charge is -2.09. The number of hydrogen-bond donors (Lipinski definition) is 0. The minimum absolute atomic E-state index is 0.371. The molecule has 3 heterocycles. The van der Waals surface area contributed by atoms with Gasteiger partial charge in [0, 0.05) is 22.2 Å². The van der Waals surface area contributed by atoms with E-state index in [-0.39, 0.29) is 0 Å². The third-order valence-corrected chi connectivity index (χ3v) is 6.35. The third-order valence-electron chi connectivity index (χ3n) is 5.14. The average molecular weight is 278 g/mol. The first-order chi connectivity index (χ1) is 9.69. The van der Waals surface area contributed by atoms with E-state index in [1.54, 1.807) is 5.56 Å². The van der Waals surface area contributed by atoms with E-state index in [0.29, 0.717) is 17.4 Å². The smallest absolute Gasteiger partial charge is 0.194 e. The molecule has 1 nitrogen and oxygen atoms in total. The van der Waals surface area contributed by atoms with Gasteiger partial charge in [-0.15, -0.1) is 11.3 Å². The minimum atomic E-state index is 0.371. The van der Waals surface area contributed by atoms with Crippen LogP contribution in [0.15, 0.2) is 48.7 Å². The maximum absolute atomic E-state index is 2.50. The summed E-state index contributed by atoms with van der Waals surface area (Å²) in [5.41, 5.74) is 3.37. The van der Waals surface area contributed by atoms with Crippen LogP contribution in [0.1, 0.15) is 31.4 Å². The zero-order valence-corrected chi connectivity index (χ0v) is 12.4. The molecule has 0 N–H and O–H groups in total. The molecule has 0 saturated heterocycles. The summed E-state index contributed by atoms with van der Waals surface area (Å²) in [5.74, 6) is 0.675. The lowest BCUT2D eigenvalue weighted by atomic mass is 9.98. The summed E-state index contributed by atoms with van der Waals surface area (Å²) < 4.78 is 3.93. The van der Waals surface area contributed by atoms with Crippen LogP contribution in [0.3, 0.4) is 0 Å². The number of pyridine rings is 1. The number of rotatable bonds is 0. The van der Waals surface area contributed by atoms with Crippen molar-refractivity contribution in [2.75, 3.05) is 0 Å². The Morgan fingerprint density at radius 1 is 1.05 bits per heavy atom. The zero-order chi connectivity index (χ0) is 13.5. The van der Waals surface area contributed by atoms with Crippen LogP contribution in [0.2, 0.25) is 0 Å². The first kappa shape index (κ1) is 11.0. The van der Waals surface area contributed by atoms with Crippen molar-refractivity contribution in [2.45, 2.75) is 25.8 Å². The second-order valence-electron chi connectivity index (χ2n) is 6.58. The molecule has 5 rings (SSSR count). The van der Waals surface area contributed by atoms with Crippen molar-refractivity contribution in [3.05, 3.63) is 54.2 Å².